The van der Waals surface area contributed by atoms with Crippen molar-refractivity contribution in [3.63, 3.8) is 0 Å². The number of nitriles is 1. The fourth-order valence-corrected chi connectivity index (χ4v) is 2.21. The second-order valence-corrected chi connectivity index (χ2v) is 3.83. The molecule has 0 spiro atoms. The van der Waals surface area contributed by atoms with Gasteiger partial charge in [0.25, 0.3) is 0 Å². The van der Waals surface area contributed by atoms with Crippen LogP contribution in [-0.2, 0) is 0 Å². The highest BCUT2D eigenvalue weighted by Crippen LogP contribution is 2.27. The molecule has 0 fully saturated rings. The number of pyridine rings is 1. The van der Waals surface area contributed by atoms with Gasteiger partial charge in [-0.05, 0) is 31.9 Å². The third-order valence-electron chi connectivity index (χ3n) is 1.34. The van der Waals surface area contributed by atoms with Gasteiger partial charge in [0, 0.05) is 26.9 Å². The zero-order chi connectivity index (χ0) is 9.14. The molecule has 0 aliphatic rings. The first-order chi connectivity index (χ1) is 5.66. The van der Waals surface area contributed by atoms with Crippen molar-refractivity contribution < 1.29 is 0 Å². The molecule has 0 aliphatic heterocycles. The van der Waals surface area contributed by atoms with E-state index >= 15 is 0 Å². The zero-order valence-corrected chi connectivity index (χ0v) is 9.13. The first-order valence-corrected chi connectivity index (χ1v) is 4.69. The highest BCUT2D eigenvalue weighted by molar-refractivity contribution is 9.11. The molecule has 1 aromatic rings. The minimum atomic E-state index is -0.628. The van der Waals surface area contributed by atoms with Gasteiger partial charge in [0.2, 0.25) is 0 Å². The number of nitrogens with two attached hydrogens (primary N) is 1. The van der Waals surface area contributed by atoms with E-state index in [0.717, 1.165) is 14.5 Å². The Kier molecular flexibility index (Phi) is 3.20. The lowest BCUT2D eigenvalue weighted by Crippen LogP contribution is -2.09. The molecule has 0 saturated carbocycles. The van der Waals surface area contributed by atoms with Gasteiger partial charge in [-0.3, -0.25) is 4.98 Å². The van der Waals surface area contributed by atoms with Crippen LogP contribution in [0.15, 0.2) is 21.3 Å². The topological polar surface area (TPSA) is 62.7 Å². The van der Waals surface area contributed by atoms with Crippen LogP contribution in [0, 0.1) is 11.3 Å². The van der Waals surface area contributed by atoms with Crippen LogP contribution >= 0.6 is 31.9 Å². The molecular weight excluding hydrogens is 286 g/mol. The standard InChI is InChI=1S/C7H5Br2N3/c8-4-2-12-3-5(9)7(4)6(11)1-10/h2-3,6H,11H2. The Morgan fingerprint density at radius 2 is 1.92 bits per heavy atom. The number of halogens is 2. The summed E-state index contributed by atoms with van der Waals surface area (Å²) in [5.74, 6) is 0. The lowest BCUT2D eigenvalue weighted by Gasteiger charge is -2.07. The number of nitrogens with zero attached hydrogens (tertiary/aromatic N) is 2. The molecule has 5 heteroatoms. The molecule has 1 rings (SSSR count). The van der Waals surface area contributed by atoms with Crippen LogP contribution in [0.25, 0.3) is 0 Å². The molecule has 0 aromatic carbocycles. The summed E-state index contributed by atoms with van der Waals surface area (Å²) in [5.41, 5.74) is 6.28. The maximum absolute atomic E-state index is 8.60. The van der Waals surface area contributed by atoms with E-state index in [2.05, 4.69) is 36.8 Å². The van der Waals surface area contributed by atoms with Gasteiger partial charge < -0.3 is 5.73 Å². The van der Waals surface area contributed by atoms with Crippen molar-refractivity contribution in [2.24, 2.45) is 5.73 Å². The summed E-state index contributed by atoms with van der Waals surface area (Å²) >= 11 is 6.53. The van der Waals surface area contributed by atoms with Crippen LogP contribution in [0.2, 0.25) is 0 Å². The third-order valence-corrected chi connectivity index (χ3v) is 2.60. The normalized spacial score (nSPS) is 12.2. The summed E-state index contributed by atoms with van der Waals surface area (Å²) < 4.78 is 1.48. The summed E-state index contributed by atoms with van der Waals surface area (Å²) in [7, 11) is 0. The summed E-state index contributed by atoms with van der Waals surface area (Å²) in [5, 5.41) is 8.60. The summed E-state index contributed by atoms with van der Waals surface area (Å²) in [6, 6.07) is 1.32. The van der Waals surface area contributed by atoms with Crippen molar-refractivity contribution in [2.75, 3.05) is 0 Å². The first-order valence-electron chi connectivity index (χ1n) is 3.11. The Bertz CT molecular complexity index is 312. The smallest absolute Gasteiger partial charge is 0.121 e. The van der Waals surface area contributed by atoms with Gasteiger partial charge in [0.1, 0.15) is 6.04 Å². The number of aromatic nitrogens is 1. The van der Waals surface area contributed by atoms with Crippen LogP contribution in [-0.4, -0.2) is 4.98 Å². The Morgan fingerprint density at radius 1 is 1.42 bits per heavy atom. The van der Waals surface area contributed by atoms with E-state index in [1.807, 2.05) is 6.07 Å². The predicted octanol–water partition coefficient (Wildman–Crippen LogP) is 2.13. The Hall–Kier alpha value is -0.440. The van der Waals surface area contributed by atoms with E-state index in [0.29, 0.717) is 0 Å². The molecule has 1 heterocycles. The summed E-state index contributed by atoms with van der Waals surface area (Å²) in [4.78, 5) is 3.90. The Balaban J connectivity index is 3.23. The van der Waals surface area contributed by atoms with Gasteiger partial charge in [0.15, 0.2) is 0 Å². The molecular formula is C7H5Br2N3. The van der Waals surface area contributed by atoms with Crippen molar-refractivity contribution in [1.82, 2.24) is 4.98 Å². The van der Waals surface area contributed by atoms with Crippen LogP contribution < -0.4 is 5.73 Å². The van der Waals surface area contributed by atoms with E-state index in [-0.39, 0.29) is 0 Å². The fraction of sp³-hybridized carbons (Fsp3) is 0.143. The summed E-state index contributed by atoms with van der Waals surface area (Å²) in [6.07, 6.45) is 3.22. The van der Waals surface area contributed by atoms with Crippen molar-refractivity contribution in [1.29, 1.82) is 5.26 Å². The number of hydrogen-bond acceptors (Lipinski definition) is 3. The van der Waals surface area contributed by atoms with Crippen LogP contribution in [0.5, 0.6) is 0 Å². The van der Waals surface area contributed by atoms with Gasteiger partial charge >= 0.3 is 0 Å². The molecule has 12 heavy (non-hydrogen) atoms. The van der Waals surface area contributed by atoms with E-state index in [1.165, 1.54) is 0 Å². The molecule has 1 unspecified atom stereocenters. The molecule has 1 aromatic heterocycles. The molecule has 1 atom stereocenters. The third kappa shape index (κ3) is 1.83. The van der Waals surface area contributed by atoms with Gasteiger partial charge in [0.05, 0.1) is 6.07 Å². The van der Waals surface area contributed by atoms with E-state index < -0.39 is 6.04 Å². The van der Waals surface area contributed by atoms with Gasteiger partial charge in [-0.1, -0.05) is 0 Å². The van der Waals surface area contributed by atoms with Gasteiger partial charge in [-0.25, -0.2) is 0 Å². The lowest BCUT2D eigenvalue weighted by molar-refractivity contribution is 0.906. The van der Waals surface area contributed by atoms with E-state index in [1.54, 1.807) is 12.4 Å². The minimum absolute atomic E-state index is 0.628. The largest absolute Gasteiger partial charge is 0.312 e. The average molecular weight is 291 g/mol. The average Bonchev–Trinajstić information content (AvgIpc) is 2.03. The van der Waals surface area contributed by atoms with Crippen LogP contribution in [0.4, 0.5) is 0 Å². The van der Waals surface area contributed by atoms with Gasteiger partial charge in [-0.15, -0.1) is 0 Å². The van der Waals surface area contributed by atoms with Crippen molar-refractivity contribution >= 4 is 31.9 Å². The minimum Gasteiger partial charge on any atom is -0.312 e. The highest BCUT2D eigenvalue weighted by atomic mass is 79.9. The summed E-state index contributed by atoms with van der Waals surface area (Å²) in [6.45, 7) is 0. The second kappa shape index (κ2) is 3.99. The Morgan fingerprint density at radius 3 is 2.33 bits per heavy atom. The van der Waals surface area contributed by atoms with Crippen molar-refractivity contribution in [2.45, 2.75) is 6.04 Å². The molecule has 0 aliphatic carbocycles. The Labute approximate surface area is 86.8 Å². The number of hydrogen-bond donors (Lipinski definition) is 1. The van der Waals surface area contributed by atoms with E-state index in [4.69, 9.17) is 11.0 Å². The maximum atomic E-state index is 8.60. The predicted molar refractivity (Wildman–Crippen MR) is 52.2 cm³/mol. The molecule has 2 N–H and O–H groups in total. The van der Waals surface area contributed by atoms with Crippen molar-refractivity contribution in [3.8, 4) is 6.07 Å². The fourth-order valence-electron chi connectivity index (χ4n) is 0.783. The molecule has 0 saturated heterocycles. The highest BCUT2D eigenvalue weighted by Gasteiger charge is 2.12. The number of rotatable bonds is 1. The van der Waals surface area contributed by atoms with E-state index in [9.17, 15) is 0 Å². The molecule has 0 amide bonds. The molecule has 0 radical (unpaired) electrons. The second-order valence-electron chi connectivity index (χ2n) is 2.12. The van der Waals surface area contributed by atoms with Crippen LogP contribution in [0.3, 0.4) is 0 Å². The zero-order valence-electron chi connectivity index (χ0n) is 5.96. The maximum Gasteiger partial charge on any atom is 0.121 e. The first kappa shape index (κ1) is 9.65. The van der Waals surface area contributed by atoms with Crippen molar-refractivity contribution in [3.05, 3.63) is 26.9 Å². The van der Waals surface area contributed by atoms with Crippen LogP contribution in [0.1, 0.15) is 11.6 Å². The SMILES string of the molecule is N#CC(N)c1c(Br)cncc1Br. The quantitative estimate of drug-likeness (QED) is 0.862. The molecule has 3 nitrogen and oxygen atoms in total. The lowest BCUT2D eigenvalue weighted by atomic mass is 10.1. The molecule has 0 bridgehead atoms. The molecule has 62 valence electrons. The monoisotopic (exact) mass is 289 g/mol. The van der Waals surface area contributed by atoms with Gasteiger partial charge in [-0.2, -0.15) is 5.26 Å².